The van der Waals surface area contributed by atoms with Crippen LogP contribution in [0.2, 0.25) is 0 Å². The minimum Gasteiger partial charge on any atom is -0.493 e. The Morgan fingerprint density at radius 2 is 2.00 bits per heavy atom. The van der Waals surface area contributed by atoms with E-state index in [2.05, 4.69) is 10.3 Å². The fraction of sp³-hybridized carbons (Fsp3) is 0.389. The molecular weight excluding hydrogens is 306 g/mol. The molecule has 1 aromatic carbocycles. The van der Waals surface area contributed by atoms with Crippen LogP contribution in [-0.2, 0) is 11.3 Å². The minimum absolute atomic E-state index is 0.0552. The van der Waals surface area contributed by atoms with E-state index in [-0.39, 0.29) is 6.61 Å². The molecule has 0 spiro atoms. The monoisotopic (exact) mass is 327 g/mol. The van der Waals surface area contributed by atoms with Gasteiger partial charge < -0.3 is 14.1 Å². The van der Waals surface area contributed by atoms with Crippen LogP contribution in [0.15, 0.2) is 27.9 Å². The largest absolute Gasteiger partial charge is 0.493 e. The zero-order valence-electron chi connectivity index (χ0n) is 14.2. The van der Waals surface area contributed by atoms with Gasteiger partial charge in [0, 0.05) is 12.5 Å². The Bertz CT molecular complexity index is 721. The lowest BCUT2D eigenvalue weighted by Gasteiger charge is -2.12. The molecule has 1 aromatic heterocycles. The third kappa shape index (κ3) is 5.13. The minimum atomic E-state index is -0.0552. The summed E-state index contributed by atoms with van der Waals surface area (Å²) in [6, 6.07) is 7.75. The number of rotatable bonds is 8. The molecule has 0 bridgehead atoms. The first-order valence-electron chi connectivity index (χ1n) is 7.78. The molecule has 0 saturated heterocycles. The summed E-state index contributed by atoms with van der Waals surface area (Å²) >= 11 is 0. The van der Waals surface area contributed by atoms with Gasteiger partial charge in [-0.05, 0) is 56.0 Å². The molecule has 0 saturated carbocycles. The number of nitriles is 1. The molecule has 1 heterocycles. The van der Waals surface area contributed by atoms with Crippen molar-refractivity contribution in [2.24, 2.45) is 5.16 Å². The number of oxime groups is 1. The fourth-order valence-electron chi connectivity index (χ4n) is 2.40. The van der Waals surface area contributed by atoms with Crippen molar-refractivity contribution in [3.05, 3.63) is 46.3 Å². The van der Waals surface area contributed by atoms with E-state index in [0.29, 0.717) is 6.61 Å². The Morgan fingerprint density at radius 3 is 2.62 bits per heavy atom. The van der Waals surface area contributed by atoms with Crippen molar-refractivity contribution in [1.82, 2.24) is 5.16 Å². The molecule has 24 heavy (non-hydrogen) atoms. The van der Waals surface area contributed by atoms with Gasteiger partial charge in [-0.3, -0.25) is 0 Å². The van der Waals surface area contributed by atoms with Gasteiger partial charge in [-0.2, -0.15) is 5.26 Å². The number of aromatic nitrogens is 1. The maximum Gasteiger partial charge on any atom is 0.202 e. The predicted molar refractivity (Wildman–Crippen MR) is 90.1 cm³/mol. The second-order valence-corrected chi connectivity index (χ2v) is 5.54. The lowest BCUT2D eigenvalue weighted by Crippen LogP contribution is -2.03. The van der Waals surface area contributed by atoms with Gasteiger partial charge in [-0.1, -0.05) is 10.3 Å². The quantitative estimate of drug-likeness (QED) is 0.421. The van der Waals surface area contributed by atoms with E-state index in [1.165, 1.54) is 0 Å². The van der Waals surface area contributed by atoms with Crippen molar-refractivity contribution in [1.29, 1.82) is 5.26 Å². The second-order valence-electron chi connectivity index (χ2n) is 5.54. The van der Waals surface area contributed by atoms with Crippen LogP contribution in [0.25, 0.3) is 0 Å². The smallest absolute Gasteiger partial charge is 0.202 e. The van der Waals surface area contributed by atoms with Gasteiger partial charge in [-0.25, -0.2) is 0 Å². The fourth-order valence-corrected chi connectivity index (χ4v) is 2.40. The summed E-state index contributed by atoms with van der Waals surface area (Å²) in [6.45, 7) is 6.46. The Balaban J connectivity index is 1.88. The Hall–Kier alpha value is -2.81. The van der Waals surface area contributed by atoms with E-state index in [0.717, 1.165) is 46.7 Å². The summed E-state index contributed by atoms with van der Waals surface area (Å²) in [5, 5.41) is 16.0. The Morgan fingerprint density at radius 1 is 1.25 bits per heavy atom. The second kappa shape index (κ2) is 8.73. The predicted octanol–water partition coefficient (Wildman–Crippen LogP) is 3.49. The summed E-state index contributed by atoms with van der Waals surface area (Å²) in [5.74, 6) is 1.77. The van der Waals surface area contributed by atoms with Crippen LogP contribution in [0.4, 0.5) is 0 Å². The lowest BCUT2D eigenvalue weighted by atomic mass is 10.1. The van der Waals surface area contributed by atoms with E-state index < -0.39 is 0 Å². The molecule has 0 aliphatic rings. The maximum absolute atomic E-state index is 8.39. The molecule has 0 amide bonds. The molecule has 0 atom stereocenters. The molecule has 0 aliphatic carbocycles. The van der Waals surface area contributed by atoms with Gasteiger partial charge in [0.25, 0.3) is 0 Å². The summed E-state index contributed by atoms with van der Waals surface area (Å²) < 4.78 is 11.1. The Kier molecular flexibility index (Phi) is 6.38. The van der Waals surface area contributed by atoms with Crippen LogP contribution in [0.5, 0.6) is 5.75 Å². The molecular formula is C18H21N3O3. The lowest BCUT2D eigenvalue weighted by molar-refractivity contribution is 0.180. The number of hydrogen-bond donors (Lipinski definition) is 0. The van der Waals surface area contributed by atoms with Crippen molar-refractivity contribution >= 4 is 6.21 Å². The first-order valence-corrected chi connectivity index (χ1v) is 7.78. The zero-order chi connectivity index (χ0) is 17.4. The standard InChI is InChI=1S/C18H21N3O3/c1-13-9-16(12-20-23-8-6-19)10-14(2)18(13)22-7-4-5-17-11-15(3)21-24-17/h9-12H,4-5,7-8H2,1-3H3/b20-12+. The van der Waals surface area contributed by atoms with E-state index in [4.69, 9.17) is 19.4 Å². The molecule has 0 unspecified atom stereocenters. The molecule has 6 heteroatoms. The van der Waals surface area contributed by atoms with E-state index in [1.807, 2.05) is 45.0 Å². The van der Waals surface area contributed by atoms with Crippen LogP contribution in [-0.4, -0.2) is 24.6 Å². The average Bonchev–Trinajstić information content (AvgIpc) is 2.95. The van der Waals surface area contributed by atoms with Crippen LogP contribution in [0.1, 0.15) is 34.6 Å². The molecule has 2 rings (SSSR count). The van der Waals surface area contributed by atoms with E-state index >= 15 is 0 Å². The van der Waals surface area contributed by atoms with Crippen molar-refractivity contribution in [2.45, 2.75) is 33.6 Å². The average molecular weight is 327 g/mol. The molecule has 6 nitrogen and oxygen atoms in total. The summed E-state index contributed by atoms with van der Waals surface area (Å²) in [5.41, 5.74) is 3.88. The molecule has 2 aromatic rings. The molecule has 0 N–H and O–H groups in total. The third-order valence-electron chi connectivity index (χ3n) is 3.38. The van der Waals surface area contributed by atoms with Gasteiger partial charge >= 0.3 is 0 Å². The first kappa shape index (κ1) is 17.5. The number of nitrogens with zero attached hydrogens (tertiary/aromatic N) is 3. The van der Waals surface area contributed by atoms with Gasteiger partial charge in [0.15, 0.2) is 0 Å². The summed E-state index contributed by atoms with van der Waals surface area (Å²) in [4.78, 5) is 4.78. The molecule has 0 fully saturated rings. The molecule has 0 radical (unpaired) electrons. The van der Waals surface area contributed by atoms with Crippen molar-refractivity contribution in [3.63, 3.8) is 0 Å². The van der Waals surface area contributed by atoms with Gasteiger partial charge in [0.2, 0.25) is 6.61 Å². The van der Waals surface area contributed by atoms with Crippen LogP contribution in [0.3, 0.4) is 0 Å². The van der Waals surface area contributed by atoms with Crippen LogP contribution in [0, 0.1) is 32.1 Å². The van der Waals surface area contributed by atoms with Crippen LogP contribution >= 0.6 is 0 Å². The number of aryl methyl sites for hydroxylation is 4. The van der Waals surface area contributed by atoms with Crippen molar-refractivity contribution < 1.29 is 14.1 Å². The van der Waals surface area contributed by atoms with Crippen molar-refractivity contribution in [2.75, 3.05) is 13.2 Å². The maximum atomic E-state index is 8.39. The first-order chi connectivity index (χ1) is 11.6. The highest BCUT2D eigenvalue weighted by Gasteiger charge is 2.07. The third-order valence-corrected chi connectivity index (χ3v) is 3.38. The normalized spacial score (nSPS) is 10.8. The molecule has 0 aliphatic heterocycles. The van der Waals surface area contributed by atoms with E-state index in [9.17, 15) is 0 Å². The van der Waals surface area contributed by atoms with Crippen molar-refractivity contribution in [3.8, 4) is 11.8 Å². The Labute approximate surface area is 141 Å². The topological polar surface area (TPSA) is 80.6 Å². The zero-order valence-corrected chi connectivity index (χ0v) is 14.2. The van der Waals surface area contributed by atoms with Gasteiger partial charge in [0.1, 0.15) is 17.6 Å². The number of hydrogen-bond acceptors (Lipinski definition) is 6. The molecule has 126 valence electrons. The van der Waals surface area contributed by atoms with E-state index in [1.54, 1.807) is 6.21 Å². The van der Waals surface area contributed by atoms with Gasteiger partial charge in [-0.15, -0.1) is 0 Å². The SMILES string of the molecule is Cc1cc(CCCOc2c(C)cc(/C=N/OCC#N)cc2C)on1. The highest BCUT2D eigenvalue weighted by atomic mass is 16.6. The number of benzene rings is 1. The highest BCUT2D eigenvalue weighted by molar-refractivity contribution is 5.80. The number of ether oxygens (including phenoxy) is 1. The van der Waals surface area contributed by atoms with Crippen LogP contribution < -0.4 is 4.74 Å². The summed E-state index contributed by atoms with van der Waals surface area (Å²) in [7, 11) is 0. The van der Waals surface area contributed by atoms with Gasteiger partial charge in [0.05, 0.1) is 18.5 Å². The highest BCUT2D eigenvalue weighted by Crippen LogP contribution is 2.24. The summed E-state index contributed by atoms with van der Waals surface area (Å²) in [6.07, 6.45) is 3.26.